The van der Waals surface area contributed by atoms with Crippen molar-refractivity contribution in [2.45, 2.75) is 13.3 Å². The van der Waals surface area contributed by atoms with E-state index in [-0.39, 0.29) is 12.4 Å². The van der Waals surface area contributed by atoms with Crippen LogP contribution in [0, 0.1) is 0 Å². The Bertz CT molecular complexity index is 451. The van der Waals surface area contributed by atoms with Crippen LogP contribution in [0.1, 0.15) is 12.5 Å². The van der Waals surface area contributed by atoms with Crippen molar-refractivity contribution in [2.24, 2.45) is 0 Å². The maximum Gasteiger partial charge on any atom is 0.321 e. The Balaban J connectivity index is 2.48. The van der Waals surface area contributed by atoms with Gasteiger partial charge in [0.1, 0.15) is 5.75 Å². The van der Waals surface area contributed by atoms with Crippen molar-refractivity contribution in [3.63, 3.8) is 0 Å². The highest BCUT2D eigenvalue weighted by atomic mass is 32.2. The van der Waals surface area contributed by atoms with Gasteiger partial charge in [0.05, 0.1) is 12.4 Å². The Morgan fingerprint density at radius 1 is 1.24 bits per heavy atom. The lowest BCUT2D eigenvalue weighted by atomic mass is 10.2. The van der Waals surface area contributed by atoms with E-state index in [0.717, 1.165) is 5.56 Å². The fourth-order valence-electron chi connectivity index (χ4n) is 1.37. The second kappa shape index (κ2) is 6.39. The molecule has 94 valence electrons. The number of hydrogen-bond acceptors (Lipinski definition) is 4. The van der Waals surface area contributed by atoms with E-state index in [0.29, 0.717) is 6.42 Å². The highest BCUT2D eigenvalue weighted by Crippen LogP contribution is 2.03. The molecule has 0 aliphatic rings. The summed E-state index contributed by atoms with van der Waals surface area (Å²) in [6.07, 6.45) is 0.419. The fourth-order valence-corrected chi connectivity index (χ4v) is 2.51. The van der Waals surface area contributed by atoms with Crippen molar-refractivity contribution >= 4 is 15.8 Å². The third-order valence-electron chi connectivity index (χ3n) is 2.19. The molecule has 0 aliphatic carbocycles. The molecule has 0 saturated heterocycles. The molecule has 0 spiro atoms. The Kier molecular flexibility index (Phi) is 5.15. The number of aryl methyl sites for hydroxylation is 1. The van der Waals surface area contributed by atoms with Gasteiger partial charge in [0.2, 0.25) is 0 Å². The highest BCUT2D eigenvalue weighted by molar-refractivity contribution is 7.92. The summed E-state index contributed by atoms with van der Waals surface area (Å²) in [5, 5.41) is 0. The molecule has 0 heterocycles. The smallest absolute Gasteiger partial charge is 0.321 e. The summed E-state index contributed by atoms with van der Waals surface area (Å²) >= 11 is 0. The van der Waals surface area contributed by atoms with E-state index in [1.807, 2.05) is 30.3 Å². The predicted octanol–water partition coefficient (Wildman–Crippen LogP) is 1.21. The zero-order valence-electron chi connectivity index (χ0n) is 9.76. The molecule has 5 heteroatoms. The molecule has 0 bridgehead atoms. The Labute approximate surface area is 102 Å². The van der Waals surface area contributed by atoms with E-state index >= 15 is 0 Å². The van der Waals surface area contributed by atoms with Crippen molar-refractivity contribution < 1.29 is 17.9 Å². The quantitative estimate of drug-likeness (QED) is 0.718. The molecule has 1 aromatic rings. The first-order valence-electron chi connectivity index (χ1n) is 5.43. The average Bonchev–Trinajstić information content (AvgIpc) is 2.27. The number of carbonyl (C=O) groups excluding carboxylic acids is 1. The molecule has 0 aliphatic heterocycles. The number of sulfone groups is 1. The first-order chi connectivity index (χ1) is 8.03. The van der Waals surface area contributed by atoms with Crippen molar-refractivity contribution in [1.29, 1.82) is 0 Å². The SMILES string of the molecule is CCOC(=O)CS(=O)(=O)CCc1ccccc1. The van der Waals surface area contributed by atoms with E-state index in [4.69, 9.17) is 0 Å². The summed E-state index contributed by atoms with van der Waals surface area (Å²) in [5.41, 5.74) is 0.944. The lowest BCUT2D eigenvalue weighted by molar-refractivity contribution is -0.139. The van der Waals surface area contributed by atoms with Gasteiger partial charge in [-0.15, -0.1) is 0 Å². The largest absolute Gasteiger partial charge is 0.465 e. The third kappa shape index (κ3) is 5.49. The Hall–Kier alpha value is -1.36. The molecule has 0 N–H and O–H groups in total. The summed E-state index contributed by atoms with van der Waals surface area (Å²) in [6, 6.07) is 9.30. The van der Waals surface area contributed by atoms with Crippen LogP contribution >= 0.6 is 0 Å². The van der Waals surface area contributed by atoms with Crippen LogP contribution in [0.25, 0.3) is 0 Å². The van der Waals surface area contributed by atoms with Gasteiger partial charge in [-0.3, -0.25) is 4.79 Å². The van der Waals surface area contributed by atoms with Crippen LogP contribution < -0.4 is 0 Å². The summed E-state index contributed by atoms with van der Waals surface area (Å²) in [7, 11) is -3.38. The summed E-state index contributed by atoms with van der Waals surface area (Å²) in [6.45, 7) is 1.85. The number of hydrogen-bond donors (Lipinski definition) is 0. The van der Waals surface area contributed by atoms with Gasteiger partial charge in [0.25, 0.3) is 0 Å². The second-order valence-corrected chi connectivity index (χ2v) is 5.82. The summed E-state index contributed by atoms with van der Waals surface area (Å²) in [4.78, 5) is 11.1. The van der Waals surface area contributed by atoms with Gasteiger partial charge in [-0.1, -0.05) is 30.3 Å². The second-order valence-electron chi connectivity index (χ2n) is 3.63. The van der Waals surface area contributed by atoms with Crippen molar-refractivity contribution in [1.82, 2.24) is 0 Å². The van der Waals surface area contributed by atoms with Crippen LogP contribution in [-0.2, 0) is 25.8 Å². The normalized spacial score (nSPS) is 11.1. The zero-order valence-corrected chi connectivity index (χ0v) is 10.6. The Morgan fingerprint density at radius 2 is 1.88 bits per heavy atom. The van der Waals surface area contributed by atoms with Crippen LogP contribution in [0.2, 0.25) is 0 Å². The topological polar surface area (TPSA) is 60.4 Å². The van der Waals surface area contributed by atoms with Gasteiger partial charge >= 0.3 is 5.97 Å². The molecule has 0 amide bonds. The monoisotopic (exact) mass is 256 g/mol. The molecule has 0 radical (unpaired) electrons. The third-order valence-corrected chi connectivity index (χ3v) is 3.69. The minimum absolute atomic E-state index is 0.0319. The molecule has 1 aromatic carbocycles. The van der Waals surface area contributed by atoms with Gasteiger partial charge in [-0.25, -0.2) is 8.42 Å². The predicted molar refractivity (Wildman–Crippen MR) is 65.4 cm³/mol. The first kappa shape index (κ1) is 13.7. The fraction of sp³-hybridized carbons (Fsp3) is 0.417. The average molecular weight is 256 g/mol. The molecule has 0 saturated carbocycles. The molecule has 0 unspecified atom stereocenters. The number of ether oxygens (including phenoxy) is 1. The van der Waals surface area contributed by atoms with E-state index in [9.17, 15) is 13.2 Å². The van der Waals surface area contributed by atoms with Gasteiger partial charge in [-0.2, -0.15) is 0 Å². The standard InChI is InChI=1S/C12H16O4S/c1-2-16-12(13)10-17(14,15)9-8-11-6-4-3-5-7-11/h3-7H,2,8-10H2,1H3. The molecule has 1 rings (SSSR count). The van der Waals surface area contributed by atoms with Crippen molar-refractivity contribution in [2.75, 3.05) is 18.1 Å². The molecule has 0 aromatic heterocycles. The minimum Gasteiger partial charge on any atom is -0.465 e. The Morgan fingerprint density at radius 3 is 2.47 bits per heavy atom. The van der Waals surface area contributed by atoms with Crippen LogP contribution in [0.3, 0.4) is 0 Å². The van der Waals surface area contributed by atoms with E-state index in [1.165, 1.54) is 0 Å². The number of carbonyl (C=O) groups is 1. The van der Waals surface area contributed by atoms with Crippen molar-refractivity contribution in [3.8, 4) is 0 Å². The maximum absolute atomic E-state index is 11.6. The molecular formula is C12H16O4S. The van der Waals surface area contributed by atoms with Crippen LogP contribution in [0.15, 0.2) is 30.3 Å². The maximum atomic E-state index is 11.6. The van der Waals surface area contributed by atoms with Crippen molar-refractivity contribution in [3.05, 3.63) is 35.9 Å². The summed E-state index contributed by atoms with van der Waals surface area (Å²) in [5.74, 6) is -1.25. The van der Waals surface area contributed by atoms with Gasteiger partial charge in [-0.05, 0) is 18.9 Å². The minimum atomic E-state index is -3.38. The summed E-state index contributed by atoms with van der Waals surface area (Å²) < 4.78 is 27.8. The molecule has 0 fully saturated rings. The number of rotatable bonds is 6. The van der Waals surface area contributed by atoms with E-state index in [2.05, 4.69) is 4.74 Å². The number of esters is 1. The van der Waals surface area contributed by atoms with Crippen LogP contribution in [0.4, 0.5) is 0 Å². The van der Waals surface area contributed by atoms with Gasteiger partial charge < -0.3 is 4.74 Å². The lowest BCUT2D eigenvalue weighted by Crippen LogP contribution is -2.21. The van der Waals surface area contributed by atoms with E-state index in [1.54, 1.807) is 6.92 Å². The first-order valence-corrected chi connectivity index (χ1v) is 7.25. The van der Waals surface area contributed by atoms with Gasteiger partial charge in [0.15, 0.2) is 9.84 Å². The lowest BCUT2D eigenvalue weighted by Gasteiger charge is -2.04. The van der Waals surface area contributed by atoms with E-state index < -0.39 is 21.6 Å². The van der Waals surface area contributed by atoms with Gasteiger partial charge in [0, 0.05) is 0 Å². The molecule has 4 nitrogen and oxygen atoms in total. The molecule has 0 atom stereocenters. The van der Waals surface area contributed by atoms with Crippen LogP contribution in [0.5, 0.6) is 0 Å². The van der Waals surface area contributed by atoms with Crippen LogP contribution in [-0.4, -0.2) is 32.5 Å². The molecule has 17 heavy (non-hydrogen) atoms. The zero-order chi connectivity index (χ0) is 12.7. The molecular weight excluding hydrogens is 240 g/mol. The number of benzene rings is 1. The highest BCUT2D eigenvalue weighted by Gasteiger charge is 2.17.